The van der Waals surface area contributed by atoms with Crippen LogP contribution in [0.15, 0.2) is 30.5 Å². The van der Waals surface area contributed by atoms with Crippen LogP contribution in [0, 0.1) is 6.92 Å². The van der Waals surface area contributed by atoms with Crippen molar-refractivity contribution in [3.05, 3.63) is 52.8 Å². The Bertz CT molecular complexity index is 722. The van der Waals surface area contributed by atoms with Crippen LogP contribution in [-0.4, -0.2) is 28.8 Å². The van der Waals surface area contributed by atoms with E-state index >= 15 is 0 Å². The molecule has 23 heavy (non-hydrogen) atoms. The summed E-state index contributed by atoms with van der Waals surface area (Å²) in [5.41, 5.74) is 3.09. The number of methoxy groups -OCH3 is 1. The number of carbonyl (C=O) groups excluding carboxylic acids is 2. The third-order valence-corrected chi connectivity index (χ3v) is 3.91. The number of amides is 1. The van der Waals surface area contributed by atoms with E-state index in [1.165, 1.54) is 7.11 Å². The summed E-state index contributed by atoms with van der Waals surface area (Å²) in [5.74, 6) is -0.596. The molecule has 0 fully saturated rings. The monoisotopic (exact) mass is 315 g/mol. The first-order chi connectivity index (χ1) is 10.9. The van der Waals surface area contributed by atoms with Gasteiger partial charge < -0.3 is 10.1 Å². The highest BCUT2D eigenvalue weighted by Crippen LogP contribution is 2.18. The van der Waals surface area contributed by atoms with Gasteiger partial charge in [0.1, 0.15) is 0 Å². The second-order valence-corrected chi connectivity index (χ2v) is 5.41. The Hall–Kier alpha value is -2.63. The minimum Gasteiger partial charge on any atom is -0.469 e. The van der Waals surface area contributed by atoms with E-state index in [-0.39, 0.29) is 24.3 Å². The zero-order valence-corrected chi connectivity index (χ0v) is 13.8. The molecule has 1 N–H and O–H groups in total. The van der Waals surface area contributed by atoms with E-state index in [9.17, 15) is 9.59 Å². The molecule has 1 aromatic heterocycles. The molecular weight excluding hydrogens is 294 g/mol. The maximum Gasteiger partial charge on any atom is 0.310 e. The van der Waals surface area contributed by atoms with Gasteiger partial charge in [-0.25, -0.2) is 0 Å². The van der Waals surface area contributed by atoms with Gasteiger partial charge in [-0.05, 0) is 25.5 Å². The van der Waals surface area contributed by atoms with Crippen LogP contribution in [0.1, 0.15) is 40.1 Å². The highest BCUT2D eigenvalue weighted by molar-refractivity contribution is 5.97. The first-order valence-electron chi connectivity index (χ1n) is 7.38. The number of nitrogens with zero attached hydrogens (tertiary/aromatic N) is 2. The average molecular weight is 315 g/mol. The number of rotatable bonds is 5. The zero-order chi connectivity index (χ0) is 17.0. The molecule has 2 rings (SSSR count). The standard InChI is InChI=1S/C17H21N3O3/c1-11(15-10-18-20(3)12(15)2)19-17(22)14-8-6-5-7-13(14)9-16(21)23-4/h5-8,10-11H,9H2,1-4H3,(H,19,22)/t11-/m0/s1. The molecule has 1 heterocycles. The Morgan fingerprint density at radius 3 is 2.65 bits per heavy atom. The van der Waals surface area contributed by atoms with Crippen molar-refractivity contribution >= 4 is 11.9 Å². The first-order valence-corrected chi connectivity index (χ1v) is 7.38. The van der Waals surface area contributed by atoms with Crippen molar-refractivity contribution < 1.29 is 14.3 Å². The SMILES string of the molecule is COC(=O)Cc1ccccc1C(=O)N[C@@H](C)c1cnn(C)c1C. The molecule has 1 aromatic carbocycles. The molecule has 122 valence electrons. The molecule has 0 bridgehead atoms. The van der Waals surface area contributed by atoms with E-state index in [0.717, 1.165) is 11.3 Å². The Labute approximate surface area is 135 Å². The summed E-state index contributed by atoms with van der Waals surface area (Å²) in [4.78, 5) is 24.0. The van der Waals surface area contributed by atoms with E-state index in [0.29, 0.717) is 11.1 Å². The number of benzene rings is 1. The molecule has 0 spiro atoms. The maximum atomic E-state index is 12.5. The van der Waals surface area contributed by atoms with Gasteiger partial charge in [0.15, 0.2) is 0 Å². The van der Waals surface area contributed by atoms with Crippen LogP contribution in [-0.2, 0) is 23.0 Å². The normalized spacial score (nSPS) is 11.8. The van der Waals surface area contributed by atoms with E-state index < -0.39 is 0 Å². The smallest absolute Gasteiger partial charge is 0.310 e. The van der Waals surface area contributed by atoms with E-state index in [4.69, 9.17) is 0 Å². The molecule has 6 heteroatoms. The van der Waals surface area contributed by atoms with Gasteiger partial charge >= 0.3 is 5.97 Å². The highest BCUT2D eigenvalue weighted by Gasteiger charge is 2.18. The molecule has 1 atom stereocenters. The number of ether oxygens (including phenoxy) is 1. The summed E-state index contributed by atoms with van der Waals surface area (Å²) in [5, 5.41) is 7.14. The van der Waals surface area contributed by atoms with Crippen LogP contribution in [0.5, 0.6) is 0 Å². The number of hydrogen-bond donors (Lipinski definition) is 1. The molecule has 1 amide bonds. The number of nitrogens with one attached hydrogen (secondary N) is 1. The lowest BCUT2D eigenvalue weighted by molar-refractivity contribution is -0.139. The molecule has 0 unspecified atom stereocenters. The maximum absolute atomic E-state index is 12.5. The van der Waals surface area contributed by atoms with Crippen molar-refractivity contribution in [1.82, 2.24) is 15.1 Å². The minimum atomic E-state index is -0.374. The molecule has 0 aliphatic carbocycles. The fourth-order valence-electron chi connectivity index (χ4n) is 2.42. The molecule has 6 nitrogen and oxygen atoms in total. The largest absolute Gasteiger partial charge is 0.469 e. The third kappa shape index (κ3) is 3.77. The fraction of sp³-hybridized carbons (Fsp3) is 0.353. The molecule has 0 aliphatic rings. The Balaban J connectivity index is 2.17. The number of carbonyl (C=O) groups is 2. The van der Waals surface area contributed by atoms with Crippen LogP contribution in [0.2, 0.25) is 0 Å². The predicted octanol–water partition coefficient (Wildman–Crippen LogP) is 1.94. The number of aryl methyl sites for hydroxylation is 1. The number of esters is 1. The van der Waals surface area contributed by atoms with Gasteiger partial charge in [0.05, 0.1) is 25.8 Å². The summed E-state index contributed by atoms with van der Waals surface area (Å²) < 4.78 is 6.44. The fourth-order valence-corrected chi connectivity index (χ4v) is 2.42. The minimum absolute atomic E-state index is 0.0698. The lowest BCUT2D eigenvalue weighted by Gasteiger charge is -2.15. The molecule has 0 aliphatic heterocycles. The van der Waals surface area contributed by atoms with Crippen LogP contribution in [0.3, 0.4) is 0 Å². The van der Waals surface area contributed by atoms with Gasteiger partial charge in [-0.2, -0.15) is 5.10 Å². The molecule has 0 saturated carbocycles. The van der Waals surface area contributed by atoms with Crippen molar-refractivity contribution in [3.63, 3.8) is 0 Å². The van der Waals surface area contributed by atoms with E-state index in [1.54, 1.807) is 35.1 Å². The molecule has 0 saturated heterocycles. The van der Waals surface area contributed by atoms with Crippen LogP contribution in [0.25, 0.3) is 0 Å². The lowest BCUT2D eigenvalue weighted by Crippen LogP contribution is -2.28. The van der Waals surface area contributed by atoms with Crippen molar-refractivity contribution in [2.75, 3.05) is 7.11 Å². The molecular formula is C17H21N3O3. The van der Waals surface area contributed by atoms with Gasteiger partial charge in [0.25, 0.3) is 5.91 Å². The zero-order valence-electron chi connectivity index (χ0n) is 13.8. The number of aromatic nitrogens is 2. The Morgan fingerprint density at radius 1 is 1.35 bits per heavy atom. The summed E-state index contributed by atoms with van der Waals surface area (Å²) in [6.07, 6.45) is 1.82. The van der Waals surface area contributed by atoms with Gasteiger partial charge in [0.2, 0.25) is 0 Å². The lowest BCUT2D eigenvalue weighted by atomic mass is 10.0. The first kappa shape index (κ1) is 16.7. The molecule has 0 radical (unpaired) electrons. The van der Waals surface area contributed by atoms with E-state index in [2.05, 4.69) is 15.2 Å². The van der Waals surface area contributed by atoms with Gasteiger partial charge in [-0.3, -0.25) is 14.3 Å². The molecule has 2 aromatic rings. The Kier molecular flexibility index (Phi) is 5.16. The van der Waals surface area contributed by atoms with Crippen LogP contribution >= 0.6 is 0 Å². The average Bonchev–Trinajstić information content (AvgIpc) is 2.87. The van der Waals surface area contributed by atoms with Crippen molar-refractivity contribution in [2.45, 2.75) is 26.3 Å². The highest BCUT2D eigenvalue weighted by atomic mass is 16.5. The Morgan fingerprint density at radius 2 is 2.04 bits per heavy atom. The topological polar surface area (TPSA) is 73.2 Å². The summed E-state index contributed by atoms with van der Waals surface area (Å²) >= 11 is 0. The summed E-state index contributed by atoms with van der Waals surface area (Å²) in [6, 6.07) is 6.85. The van der Waals surface area contributed by atoms with Gasteiger partial charge in [0, 0.05) is 23.9 Å². The van der Waals surface area contributed by atoms with E-state index in [1.807, 2.05) is 20.9 Å². The van der Waals surface area contributed by atoms with Crippen molar-refractivity contribution in [1.29, 1.82) is 0 Å². The quantitative estimate of drug-likeness (QED) is 0.856. The number of hydrogen-bond acceptors (Lipinski definition) is 4. The van der Waals surface area contributed by atoms with Crippen molar-refractivity contribution in [3.8, 4) is 0 Å². The second kappa shape index (κ2) is 7.09. The third-order valence-electron chi connectivity index (χ3n) is 3.91. The van der Waals surface area contributed by atoms with Crippen molar-refractivity contribution in [2.24, 2.45) is 7.05 Å². The summed E-state index contributed by atoms with van der Waals surface area (Å²) in [7, 11) is 3.19. The summed E-state index contributed by atoms with van der Waals surface area (Å²) in [6.45, 7) is 3.86. The van der Waals surface area contributed by atoms with Crippen LogP contribution < -0.4 is 5.32 Å². The van der Waals surface area contributed by atoms with Gasteiger partial charge in [-0.15, -0.1) is 0 Å². The van der Waals surface area contributed by atoms with Crippen LogP contribution in [0.4, 0.5) is 0 Å². The van der Waals surface area contributed by atoms with Gasteiger partial charge in [-0.1, -0.05) is 18.2 Å². The predicted molar refractivity (Wildman–Crippen MR) is 86.0 cm³/mol. The second-order valence-electron chi connectivity index (χ2n) is 5.41.